The lowest BCUT2D eigenvalue weighted by Gasteiger charge is -2.33. The maximum Gasteiger partial charge on any atom is 0.326 e. The van der Waals surface area contributed by atoms with E-state index in [2.05, 4.69) is 0 Å². The first-order chi connectivity index (χ1) is 10.5. The summed E-state index contributed by atoms with van der Waals surface area (Å²) in [5, 5.41) is 10.2. The van der Waals surface area contributed by atoms with Gasteiger partial charge in [0.2, 0.25) is 5.91 Å². The zero-order chi connectivity index (χ0) is 16.1. The van der Waals surface area contributed by atoms with Gasteiger partial charge in [-0.15, -0.1) is 0 Å². The summed E-state index contributed by atoms with van der Waals surface area (Å²) in [5.41, 5.74) is 1.02. The maximum atomic E-state index is 12.2. The third-order valence-corrected chi connectivity index (χ3v) is 4.69. The molecule has 0 bridgehead atoms. The topological polar surface area (TPSA) is 57.6 Å². The number of rotatable bonds is 5. The molecule has 1 aromatic carbocycles. The molecule has 1 N–H and O–H groups in total. The van der Waals surface area contributed by atoms with Crippen LogP contribution in [0.5, 0.6) is 0 Å². The van der Waals surface area contributed by atoms with E-state index in [1.807, 2.05) is 6.07 Å². The number of carboxylic acid groups (broad SMARTS) is 1. The van der Waals surface area contributed by atoms with Crippen molar-refractivity contribution < 1.29 is 14.7 Å². The molecule has 0 aliphatic carbocycles. The molecule has 1 saturated heterocycles. The standard InChI is InChI=1S/C16H19Cl2NO3/c17-12-8-7-11(10-13(12)18)4-3-6-15(20)19-9-2-1-5-14(19)16(21)22/h7-8,10,14H,1-6,9H2,(H,21,22). The van der Waals surface area contributed by atoms with Crippen LogP contribution in [0.2, 0.25) is 10.0 Å². The summed E-state index contributed by atoms with van der Waals surface area (Å²) in [6, 6.07) is 4.77. The number of aryl methyl sites for hydroxylation is 1. The van der Waals surface area contributed by atoms with E-state index in [4.69, 9.17) is 23.2 Å². The number of hydrogen-bond acceptors (Lipinski definition) is 2. The number of aliphatic carboxylic acids is 1. The Hall–Kier alpha value is -1.26. The lowest BCUT2D eigenvalue weighted by molar-refractivity contribution is -0.152. The molecule has 0 spiro atoms. The minimum absolute atomic E-state index is 0.0767. The first-order valence-electron chi connectivity index (χ1n) is 7.45. The number of carboxylic acids is 1. The van der Waals surface area contributed by atoms with Crippen molar-refractivity contribution in [3.8, 4) is 0 Å². The molecule has 1 fully saturated rings. The summed E-state index contributed by atoms with van der Waals surface area (Å²) < 4.78 is 0. The Morgan fingerprint density at radius 3 is 2.68 bits per heavy atom. The van der Waals surface area contributed by atoms with E-state index in [-0.39, 0.29) is 5.91 Å². The number of piperidine rings is 1. The highest BCUT2D eigenvalue weighted by atomic mass is 35.5. The molecule has 0 radical (unpaired) electrons. The van der Waals surface area contributed by atoms with Gasteiger partial charge in [0.05, 0.1) is 10.0 Å². The zero-order valence-corrected chi connectivity index (χ0v) is 13.7. The van der Waals surface area contributed by atoms with Crippen molar-refractivity contribution in [2.45, 2.75) is 44.6 Å². The second kappa shape index (κ2) is 7.84. The average Bonchev–Trinajstić information content (AvgIpc) is 2.50. The Bertz CT molecular complexity index is 562. The van der Waals surface area contributed by atoms with Gasteiger partial charge in [-0.25, -0.2) is 4.79 Å². The molecule has 120 valence electrons. The fraction of sp³-hybridized carbons (Fsp3) is 0.500. The minimum Gasteiger partial charge on any atom is -0.480 e. The molecule has 2 rings (SSSR count). The van der Waals surface area contributed by atoms with Gasteiger partial charge in [0.25, 0.3) is 0 Å². The number of amides is 1. The van der Waals surface area contributed by atoms with Gasteiger partial charge in [0.15, 0.2) is 0 Å². The van der Waals surface area contributed by atoms with Gasteiger partial charge in [-0.1, -0.05) is 29.3 Å². The first kappa shape index (κ1) is 17.1. The number of nitrogens with zero attached hydrogens (tertiary/aromatic N) is 1. The fourth-order valence-electron chi connectivity index (χ4n) is 2.77. The Kier molecular flexibility index (Phi) is 6.09. The molecule has 1 unspecified atom stereocenters. The molecule has 4 nitrogen and oxygen atoms in total. The summed E-state index contributed by atoms with van der Waals surface area (Å²) in [5.74, 6) is -0.982. The number of halogens is 2. The van der Waals surface area contributed by atoms with Crippen LogP contribution in [0.25, 0.3) is 0 Å². The van der Waals surface area contributed by atoms with Crippen LogP contribution in [0.1, 0.15) is 37.7 Å². The number of hydrogen-bond donors (Lipinski definition) is 1. The highest BCUT2D eigenvalue weighted by molar-refractivity contribution is 6.42. The molecule has 1 amide bonds. The Morgan fingerprint density at radius 2 is 2.00 bits per heavy atom. The minimum atomic E-state index is -0.905. The molecule has 1 aromatic rings. The van der Waals surface area contributed by atoms with Gasteiger partial charge in [0, 0.05) is 13.0 Å². The Balaban J connectivity index is 1.86. The van der Waals surface area contributed by atoms with Crippen LogP contribution >= 0.6 is 23.2 Å². The largest absolute Gasteiger partial charge is 0.480 e. The molecule has 1 aliphatic rings. The molecule has 0 saturated carbocycles. The van der Waals surface area contributed by atoms with E-state index < -0.39 is 12.0 Å². The van der Waals surface area contributed by atoms with Crippen LogP contribution in [0.15, 0.2) is 18.2 Å². The molecular weight excluding hydrogens is 325 g/mol. The molecule has 22 heavy (non-hydrogen) atoms. The Morgan fingerprint density at radius 1 is 1.23 bits per heavy atom. The van der Waals surface area contributed by atoms with Gasteiger partial charge in [0.1, 0.15) is 6.04 Å². The van der Waals surface area contributed by atoms with Gasteiger partial charge in [-0.3, -0.25) is 4.79 Å². The fourth-order valence-corrected chi connectivity index (χ4v) is 3.09. The van der Waals surface area contributed by atoms with Crippen LogP contribution in [-0.4, -0.2) is 34.5 Å². The van der Waals surface area contributed by atoms with E-state index in [0.717, 1.165) is 18.4 Å². The van der Waals surface area contributed by atoms with Crippen LogP contribution in [0, 0.1) is 0 Å². The van der Waals surface area contributed by atoms with Crippen LogP contribution in [0.3, 0.4) is 0 Å². The highest BCUT2D eigenvalue weighted by Crippen LogP contribution is 2.24. The molecule has 1 heterocycles. The monoisotopic (exact) mass is 343 g/mol. The molecule has 1 aliphatic heterocycles. The average molecular weight is 344 g/mol. The summed E-state index contributed by atoms with van der Waals surface area (Å²) in [7, 11) is 0. The summed E-state index contributed by atoms with van der Waals surface area (Å²) in [6.07, 6.45) is 4.03. The van der Waals surface area contributed by atoms with Gasteiger partial charge in [-0.2, -0.15) is 0 Å². The van der Waals surface area contributed by atoms with E-state index in [1.165, 1.54) is 4.90 Å². The third-order valence-electron chi connectivity index (χ3n) is 3.95. The second-order valence-electron chi connectivity index (χ2n) is 5.54. The maximum absolute atomic E-state index is 12.2. The summed E-state index contributed by atoms with van der Waals surface area (Å²) >= 11 is 11.8. The van der Waals surface area contributed by atoms with Crippen molar-refractivity contribution in [3.05, 3.63) is 33.8 Å². The zero-order valence-electron chi connectivity index (χ0n) is 12.2. The predicted molar refractivity (Wildman–Crippen MR) is 86.4 cm³/mol. The van der Waals surface area contributed by atoms with Crippen molar-refractivity contribution in [2.24, 2.45) is 0 Å². The summed E-state index contributed by atoms with van der Waals surface area (Å²) in [6.45, 7) is 0.544. The number of benzene rings is 1. The van der Waals surface area contributed by atoms with Gasteiger partial charge < -0.3 is 10.0 Å². The summed E-state index contributed by atoms with van der Waals surface area (Å²) in [4.78, 5) is 25.0. The second-order valence-corrected chi connectivity index (χ2v) is 6.35. The molecular formula is C16H19Cl2NO3. The van der Waals surface area contributed by atoms with E-state index in [0.29, 0.717) is 42.3 Å². The highest BCUT2D eigenvalue weighted by Gasteiger charge is 2.31. The quantitative estimate of drug-likeness (QED) is 0.884. The predicted octanol–water partition coefficient (Wildman–Crippen LogP) is 3.78. The van der Waals surface area contributed by atoms with Crippen molar-refractivity contribution in [1.82, 2.24) is 4.90 Å². The van der Waals surface area contributed by atoms with E-state index in [9.17, 15) is 14.7 Å². The molecule has 0 aromatic heterocycles. The van der Waals surface area contributed by atoms with Crippen LogP contribution in [-0.2, 0) is 16.0 Å². The van der Waals surface area contributed by atoms with Crippen LogP contribution < -0.4 is 0 Å². The molecule has 6 heteroatoms. The number of carbonyl (C=O) groups is 2. The van der Waals surface area contributed by atoms with Gasteiger partial charge >= 0.3 is 5.97 Å². The lowest BCUT2D eigenvalue weighted by Crippen LogP contribution is -2.47. The van der Waals surface area contributed by atoms with Gasteiger partial charge in [-0.05, 0) is 49.8 Å². The Labute approximate surface area is 140 Å². The SMILES string of the molecule is O=C(O)C1CCCCN1C(=O)CCCc1ccc(Cl)c(Cl)c1. The van der Waals surface area contributed by atoms with Crippen molar-refractivity contribution in [2.75, 3.05) is 6.54 Å². The number of likely N-dealkylation sites (tertiary alicyclic amines) is 1. The normalized spacial score (nSPS) is 18.3. The van der Waals surface area contributed by atoms with E-state index >= 15 is 0 Å². The smallest absolute Gasteiger partial charge is 0.326 e. The lowest BCUT2D eigenvalue weighted by atomic mass is 10.0. The van der Waals surface area contributed by atoms with E-state index in [1.54, 1.807) is 12.1 Å². The first-order valence-corrected chi connectivity index (χ1v) is 8.21. The van der Waals surface area contributed by atoms with Crippen molar-refractivity contribution in [3.63, 3.8) is 0 Å². The van der Waals surface area contributed by atoms with Crippen LogP contribution in [0.4, 0.5) is 0 Å². The molecule has 1 atom stereocenters. The number of carbonyl (C=O) groups excluding carboxylic acids is 1. The third kappa shape index (κ3) is 4.37. The van der Waals surface area contributed by atoms with Crippen molar-refractivity contribution in [1.29, 1.82) is 0 Å². The van der Waals surface area contributed by atoms with Crippen molar-refractivity contribution >= 4 is 35.1 Å².